The van der Waals surface area contributed by atoms with E-state index in [-0.39, 0.29) is 11.7 Å². The number of anilines is 1. The van der Waals surface area contributed by atoms with E-state index in [1.807, 2.05) is 0 Å². The van der Waals surface area contributed by atoms with Crippen LogP contribution < -0.4 is 5.32 Å². The molecular weight excluding hydrogens is 206 g/mol. The molecule has 0 aliphatic rings. The van der Waals surface area contributed by atoms with Gasteiger partial charge in [0.05, 0.1) is 6.26 Å². The van der Waals surface area contributed by atoms with Gasteiger partial charge in [-0.2, -0.15) is 0 Å². The number of nitrogens with one attached hydrogen (secondary N) is 1. The van der Waals surface area contributed by atoms with Crippen molar-refractivity contribution in [2.75, 3.05) is 5.32 Å². The number of carbonyl (C=O) groups is 2. The first kappa shape index (κ1) is 10.2. The molecule has 0 unspecified atom stereocenters. The fourth-order valence-corrected chi connectivity index (χ4v) is 1.29. The van der Waals surface area contributed by atoms with Crippen molar-refractivity contribution < 1.29 is 14.0 Å². The smallest absolute Gasteiger partial charge is 0.291 e. The first-order valence-corrected chi connectivity index (χ1v) is 4.70. The highest BCUT2D eigenvalue weighted by Gasteiger charge is 2.08. The fourth-order valence-electron chi connectivity index (χ4n) is 1.29. The summed E-state index contributed by atoms with van der Waals surface area (Å²) in [7, 11) is 0. The van der Waals surface area contributed by atoms with Gasteiger partial charge >= 0.3 is 0 Å². The van der Waals surface area contributed by atoms with Gasteiger partial charge < -0.3 is 9.73 Å². The first-order chi connectivity index (χ1) is 7.79. The molecule has 1 heterocycles. The van der Waals surface area contributed by atoms with Crippen LogP contribution in [0.5, 0.6) is 0 Å². The van der Waals surface area contributed by atoms with Gasteiger partial charge in [-0.25, -0.2) is 0 Å². The molecule has 4 nitrogen and oxygen atoms in total. The number of hydrogen-bond donors (Lipinski definition) is 1. The number of rotatable bonds is 3. The number of aldehydes is 1. The van der Waals surface area contributed by atoms with Crippen molar-refractivity contribution in [3.8, 4) is 0 Å². The molecule has 0 spiro atoms. The molecule has 1 aromatic heterocycles. The van der Waals surface area contributed by atoms with Crippen LogP contribution in [0.1, 0.15) is 20.9 Å². The minimum Gasteiger partial charge on any atom is -0.459 e. The van der Waals surface area contributed by atoms with Crippen LogP contribution in [0.25, 0.3) is 0 Å². The zero-order chi connectivity index (χ0) is 11.4. The van der Waals surface area contributed by atoms with E-state index >= 15 is 0 Å². The summed E-state index contributed by atoms with van der Waals surface area (Å²) in [5, 5.41) is 2.63. The van der Waals surface area contributed by atoms with Gasteiger partial charge in [-0.05, 0) is 24.3 Å². The third-order valence-electron chi connectivity index (χ3n) is 2.03. The van der Waals surface area contributed by atoms with Crippen LogP contribution in [0.4, 0.5) is 5.69 Å². The molecule has 0 saturated heterocycles. The van der Waals surface area contributed by atoms with Crippen LogP contribution in [0, 0.1) is 0 Å². The Morgan fingerprint density at radius 2 is 2.12 bits per heavy atom. The molecule has 4 heteroatoms. The van der Waals surface area contributed by atoms with E-state index in [9.17, 15) is 9.59 Å². The van der Waals surface area contributed by atoms with E-state index in [2.05, 4.69) is 5.32 Å². The second-order valence-electron chi connectivity index (χ2n) is 3.17. The molecule has 16 heavy (non-hydrogen) atoms. The molecule has 0 fully saturated rings. The Labute approximate surface area is 91.9 Å². The first-order valence-electron chi connectivity index (χ1n) is 4.70. The monoisotopic (exact) mass is 215 g/mol. The van der Waals surface area contributed by atoms with Gasteiger partial charge in [-0.3, -0.25) is 9.59 Å². The van der Waals surface area contributed by atoms with Gasteiger partial charge in [0.25, 0.3) is 5.91 Å². The van der Waals surface area contributed by atoms with Crippen molar-refractivity contribution in [1.29, 1.82) is 0 Å². The molecule has 1 amide bonds. The van der Waals surface area contributed by atoms with Crippen molar-refractivity contribution in [3.05, 3.63) is 54.0 Å². The molecule has 2 rings (SSSR count). The highest BCUT2D eigenvalue weighted by Crippen LogP contribution is 2.11. The molecule has 1 aromatic carbocycles. The number of benzene rings is 1. The second-order valence-corrected chi connectivity index (χ2v) is 3.17. The van der Waals surface area contributed by atoms with E-state index in [0.29, 0.717) is 11.3 Å². The minimum absolute atomic E-state index is 0.233. The molecule has 0 bridgehead atoms. The Morgan fingerprint density at radius 3 is 2.81 bits per heavy atom. The molecule has 0 aliphatic carbocycles. The summed E-state index contributed by atoms with van der Waals surface area (Å²) in [6, 6.07) is 9.86. The Bertz CT molecular complexity index is 503. The summed E-state index contributed by atoms with van der Waals surface area (Å²) in [6.45, 7) is 0. The van der Waals surface area contributed by atoms with Gasteiger partial charge in [-0.1, -0.05) is 12.1 Å². The van der Waals surface area contributed by atoms with Crippen LogP contribution in [-0.4, -0.2) is 12.2 Å². The van der Waals surface area contributed by atoms with E-state index in [0.717, 1.165) is 6.29 Å². The minimum atomic E-state index is -0.340. The van der Waals surface area contributed by atoms with Crippen molar-refractivity contribution in [3.63, 3.8) is 0 Å². The van der Waals surface area contributed by atoms with Crippen LogP contribution >= 0.6 is 0 Å². The summed E-state index contributed by atoms with van der Waals surface area (Å²) in [4.78, 5) is 22.1. The Balaban J connectivity index is 2.15. The summed E-state index contributed by atoms with van der Waals surface area (Å²) < 4.78 is 4.94. The molecule has 1 N–H and O–H groups in total. The molecule has 0 saturated carbocycles. The second kappa shape index (κ2) is 4.44. The third-order valence-corrected chi connectivity index (χ3v) is 2.03. The summed E-state index contributed by atoms with van der Waals surface area (Å²) in [5.41, 5.74) is 1.07. The van der Waals surface area contributed by atoms with Crippen LogP contribution in [0.3, 0.4) is 0 Å². The SMILES string of the molecule is O=Cc1cccc(NC(=O)c2ccco2)c1. The van der Waals surface area contributed by atoms with E-state index in [4.69, 9.17) is 4.42 Å². The molecule has 80 valence electrons. The highest BCUT2D eigenvalue weighted by molar-refractivity contribution is 6.02. The Kier molecular flexibility index (Phi) is 2.82. The largest absolute Gasteiger partial charge is 0.459 e. The zero-order valence-corrected chi connectivity index (χ0v) is 8.34. The standard InChI is InChI=1S/C12H9NO3/c14-8-9-3-1-4-10(7-9)13-12(15)11-5-2-6-16-11/h1-8H,(H,13,15). The maximum atomic E-state index is 11.6. The lowest BCUT2D eigenvalue weighted by Gasteiger charge is -2.02. The fraction of sp³-hybridized carbons (Fsp3) is 0. The van der Waals surface area contributed by atoms with E-state index in [1.54, 1.807) is 36.4 Å². The van der Waals surface area contributed by atoms with Crippen molar-refractivity contribution in [2.24, 2.45) is 0 Å². The van der Waals surface area contributed by atoms with Gasteiger partial charge in [0.15, 0.2) is 5.76 Å². The number of amides is 1. The topological polar surface area (TPSA) is 59.3 Å². The molecule has 2 aromatic rings. The lowest BCUT2D eigenvalue weighted by Crippen LogP contribution is -2.10. The average molecular weight is 215 g/mol. The summed E-state index contributed by atoms with van der Waals surface area (Å²) >= 11 is 0. The van der Waals surface area contributed by atoms with Crippen LogP contribution in [0.15, 0.2) is 47.1 Å². The third kappa shape index (κ3) is 2.17. The van der Waals surface area contributed by atoms with Gasteiger partial charge in [0.2, 0.25) is 0 Å². The summed E-state index contributed by atoms with van der Waals surface area (Å²) in [6.07, 6.45) is 2.15. The number of hydrogen-bond acceptors (Lipinski definition) is 3. The van der Waals surface area contributed by atoms with E-state index < -0.39 is 0 Å². The van der Waals surface area contributed by atoms with Gasteiger partial charge in [0.1, 0.15) is 6.29 Å². The predicted molar refractivity (Wildman–Crippen MR) is 58.5 cm³/mol. The maximum absolute atomic E-state index is 11.6. The van der Waals surface area contributed by atoms with Gasteiger partial charge in [-0.15, -0.1) is 0 Å². The quantitative estimate of drug-likeness (QED) is 0.799. The molecule has 0 radical (unpaired) electrons. The summed E-state index contributed by atoms with van der Waals surface area (Å²) in [5.74, 6) is -0.107. The van der Waals surface area contributed by atoms with Gasteiger partial charge in [0, 0.05) is 11.3 Å². The normalized spacial score (nSPS) is 9.75. The number of carbonyl (C=O) groups excluding carboxylic acids is 2. The zero-order valence-electron chi connectivity index (χ0n) is 8.34. The maximum Gasteiger partial charge on any atom is 0.291 e. The number of furan rings is 1. The lowest BCUT2D eigenvalue weighted by atomic mass is 10.2. The molecule has 0 aliphatic heterocycles. The molecular formula is C12H9NO3. The average Bonchev–Trinajstić information content (AvgIpc) is 2.83. The van der Waals surface area contributed by atoms with Crippen LogP contribution in [0.2, 0.25) is 0 Å². The Hall–Kier alpha value is -2.36. The predicted octanol–water partition coefficient (Wildman–Crippen LogP) is 2.34. The Morgan fingerprint density at radius 1 is 1.25 bits per heavy atom. The van der Waals surface area contributed by atoms with E-state index in [1.165, 1.54) is 6.26 Å². The van der Waals surface area contributed by atoms with Crippen molar-refractivity contribution in [2.45, 2.75) is 0 Å². The van der Waals surface area contributed by atoms with Crippen molar-refractivity contribution >= 4 is 17.9 Å². The van der Waals surface area contributed by atoms with Crippen molar-refractivity contribution in [1.82, 2.24) is 0 Å². The highest BCUT2D eigenvalue weighted by atomic mass is 16.3. The lowest BCUT2D eigenvalue weighted by molar-refractivity contribution is 0.0996. The van der Waals surface area contributed by atoms with Crippen LogP contribution in [-0.2, 0) is 0 Å². The molecule has 0 atom stereocenters.